The first-order valence-corrected chi connectivity index (χ1v) is 13.8. The van der Waals surface area contributed by atoms with Crippen molar-refractivity contribution < 1.29 is 23.7 Å². The Labute approximate surface area is 231 Å². The molecule has 0 spiro atoms. The molecule has 4 rings (SSSR count). The summed E-state index contributed by atoms with van der Waals surface area (Å²) < 4.78 is 24.6. The minimum absolute atomic E-state index is 0.0853. The van der Waals surface area contributed by atoms with Crippen LogP contribution in [0.4, 0.5) is 0 Å². The van der Waals surface area contributed by atoms with Gasteiger partial charge in [0.25, 0.3) is 5.56 Å². The number of rotatable bonds is 11. The summed E-state index contributed by atoms with van der Waals surface area (Å²) in [6.45, 7) is 8.59. The van der Waals surface area contributed by atoms with Crippen molar-refractivity contribution in [2.45, 2.75) is 46.3 Å². The zero-order chi connectivity index (χ0) is 27.9. The number of carbonyl (C=O) groups excluding carboxylic acids is 1. The predicted molar refractivity (Wildman–Crippen MR) is 151 cm³/mol. The molecule has 39 heavy (non-hydrogen) atoms. The molecule has 1 aliphatic heterocycles. The maximum absolute atomic E-state index is 14.0. The van der Waals surface area contributed by atoms with Crippen LogP contribution in [0.3, 0.4) is 0 Å². The van der Waals surface area contributed by atoms with Crippen LogP contribution in [0, 0.1) is 0 Å². The second-order valence-electron chi connectivity index (χ2n) is 9.30. The Morgan fingerprint density at radius 1 is 1.08 bits per heavy atom. The van der Waals surface area contributed by atoms with E-state index in [2.05, 4.69) is 4.99 Å². The Kier molecular flexibility index (Phi) is 9.37. The van der Waals surface area contributed by atoms with Gasteiger partial charge in [-0.05, 0) is 45.4 Å². The average molecular weight is 551 g/mol. The molecule has 1 aromatic heterocycles. The van der Waals surface area contributed by atoms with Crippen molar-refractivity contribution >= 4 is 23.4 Å². The van der Waals surface area contributed by atoms with Gasteiger partial charge in [-0.15, -0.1) is 0 Å². The van der Waals surface area contributed by atoms with Crippen LogP contribution in [0.1, 0.15) is 51.3 Å². The van der Waals surface area contributed by atoms with Crippen LogP contribution in [0.2, 0.25) is 0 Å². The van der Waals surface area contributed by atoms with E-state index >= 15 is 0 Å². The molecule has 0 unspecified atom stereocenters. The molecule has 0 aliphatic carbocycles. The Morgan fingerprint density at radius 2 is 1.79 bits per heavy atom. The van der Waals surface area contributed by atoms with Crippen molar-refractivity contribution in [1.29, 1.82) is 0 Å². The van der Waals surface area contributed by atoms with Crippen LogP contribution >= 0.6 is 11.3 Å². The molecule has 0 amide bonds. The Hall–Kier alpha value is -3.69. The fourth-order valence-electron chi connectivity index (χ4n) is 4.32. The van der Waals surface area contributed by atoms with Crippen LogP contribution in [-0.2, 0) is 14.3 Å². The van der Waals surface area contributed by atoms with Gasteiger partial charge in [0.05, 0.1) is 35.1 Å². The van der Waals surface area contributed by atoms with E-state index in [0.717, 1.165) is 12.0 Å². The normalized spacial score (nSPS) is 15.2. The molecule has 0 radical (unpaired) electrons. The number of carbonyl (C=O) groups is 1. The number of para-hydroxylation sites is 2. The summed E-state index contributed by atoms with van der Waals surface area (Å²) in [5.74, 6) is 0.739. The smallest absolute Gasteiger partial charge is 0.338 e. The van der Waals surface area contributed by atoms with Gasteiger partial charge < -0.3 is 18.9 Å². The fourth-order valence-corrected chi connectivity index (χ4v) is 5.36. The molecule has 9 heteroatoms. The third-order valence-corrected chi connectivity index (χ3v) is 6.99. The second-order valence-corrected chi connectivity index (χ2v) is 10.3. The second kappa shape index (κ2) is 12.9. The predicted octanol–water partition coefficient (Wildman–Crippen LogP) is 4.00. The summed E-state index contributed by atoms with van der Waals surface area (Å²) in [4.78, 5) is 32.6. The van der Waals surface area contributed by atoms with Crippen molar-refractivity contribution in [2.24, 2.45) is 4.99 Å². The number of fused-ring (bicyclic) bond motifs is 1. The first-order valence-electron chi connectivity index (χ1n) is 13.0. The van der Waals surface area contributed by atoms with Crippen LogP contribution in [0.25, 0.3) is 6.08 Å². The van der Waals surface area contributed by atoms with E-state index in [-0.39, 0.29) is 30.5 Å². The number of thiazole rings is 1. The van der Waals surface area contributed by atoms with E-state index in [4.69, 9.17) is 18.9 Å². The third kappa shape index (κ3) is 6.32. The van der Waals surface area contributed by atoms with Gasteiger partial charge in [-0.1, -0.05) is 54.7 Å². The summed E-state index contributed by atoms with van der Waals surface area (Å²) in [5, 5.41) is 0. The number of allylic oxidation sites excluding steroid dienone is 1. The lowest BCUT2D eigenvalue weighted by Crippen LogP contribution is -2.40. The average Bonchev–Trinajstić information content (AvgIpc) is 3.21. The lowest BCUT2D eigenvalue weighted by Gasteiger charge is -2.27. The van der Waals surface area contributed by atoms with Crippen molar-refractivity contribution in [2.75, 3.05) is 26.9 Å². The highest BCUT2D eigenvalue weighted by molar-refractivity contribution is 7.07. The molecule has 0 N–H and O–H groups in total. The van der Waals surface area contributed by atoms with Crippen LogP contribution in [0.5, 0.6) is 11.5 Å². The molecule has 8 nitrogen and oxygen atoms in total. The zero-order valence-corrected chi connectivity index (χ0v) is 23.7. The number of methoxy groups -OCH3 is 1. The van der Waals surface area contributed by atoms with Crippen LogP contribution in [-0.4, -0.2) is 43.6 Å². The Morgan fingerprint density at radius 3 is 2.51 bits per heavy atom. The molecule has 2 heterocycles. The van der Waals surface area contributed by atoms with Gasteiger partial charge in [0, 0.05) is 18.2 Å². The number of hydrogen-bond acceptors (Lipinski definition) is 8. The fraction of sp³-hybridized carbons (Fsp3) is 0.367. The van der Waals surface area contributed by atoms with E-state index in [9.17, 15) is 9.59 Å². The summed E-state index contributed by atoms with van der Waals surface area (Å²) in [7, 11) is 1.54. The Bertz CT molecular complexity index is 1540. The molecular weight excluding hydrogens is 516 g/mol. The standard InChI is InChI=1S/C30H34N2O6S/c1-6-15-36-23-13-9-7-11-21(23)18-25-28(33)32-27(22-12-8-10-14-24(22)38-19(2)3)26(20(4)31-30(32)39-25)29(34)37-17-16-35-5/h7-14,18-19,27H,6,15-17H2,1-5H3/b25-18+/t27-/m0/s1. The monoisotopic (exact) mass is 550 g/mol. The molecule has 2 aromatic carbocycles. The molecule has 0 bridgehead atoms. The molecule has 0 fully saturated rings. The van der Waals surface area contributed by atoms with Crippen LogP contribution < -0.4 is 24.4 Å². The first kappa shape index (κ1) is 28.3. The summed E-state index contributed by atoms with van der Waals surface area (Å²) in [5.41, 5.74) is 1.99. The molecular formula is C30H34N2O6S. The highest BCUT2D eigenvalue weighted by atomic mass is 32.1. The lowest BCUT2D eigenvalue weighted by atomic mass is 9.95. The maximum atomic E-state index is 14.0. The van der Waals surface area contributed by atoms with Crippen molar-refractivity contribution in [3.63, 3.8) is 0 Å². The van der Waals surface area contributed by atoms with Crippen molar-refractivity contribution in [3.05, 3.63) is 90.6 Å². The number of esters is 1. The molecule has 0 saturated heterocycles. The quantitative estimate of drug-likeness (QED) is 0.265. The van der Waals surface area contributed by atoms with Gasteiger partial charge in [-0.3, -0.25) is 9.36 Å². The minimum atomic E-state index is -0.778. The number of benzene rings is 2. The summed E-state index contributed by atoms with van der Waals surface area (Å²) >= 11 is 1.27. The molecule has 1 aliphatic rings. The summed E-state index contributed by atoms with van der Waals surface area (Å²) in [6, 6.07) is 14.3. The minimum Gasteiger partial charge on any atom is -0.493 e. The topological polar surface area (TPSA) is 88.4 Å². The number of ether oxygens (including phenoxy) is 4. The lowest BCUT2D eigenvalue weighted by molar-refractivity contribution is -0.140. The highest BCUT2D eigenvalue weighted by Gasteiger charge is 2.35. The SMILES string of the molecule is CCCOc1ccccc1/C=c1/sc2n(c1=O)[C@@H](c1ccccc1OC(C)C)C(C(=O)OCCOC)=C(C)N=2. The third-order valence-electron chi connectivity index (χ3n) is 6.01. The van der Waals surface area contributed by atoms with E-state index in [0.29, 0.717) is 38.7 Å². The first-order chi connectivity index (χ1) is 18.8. The van der Waals surface area contributed by atoms with E-state index < -0.39 is 12.0 Å². The largest absolute Gasteiger partial charge is 0.493 e. The summed E-state index contributed by atoms with van der Waals surface area (Å²) in [6.07, 6.45) is 2.58. The van der Waals surface area contributed by atoms with E-state index in [1.54, 1.807) is 11.5 Å². The van der Waals surface area contributed by atoms with Gasteiger partial charge in [-0.2, -0.15) is 0 Å². The Balaban J connectivity index is 1.91. The molecule has 3 aromatic rings. The number of nitrogens with zero attached hydrogens (tertiary/aromatic N) is 2. The van der Waals surface area contributed by atoms with E-state index in [1.165, 1.54) is 18.4 Å². The molecule has 1 atom stereocenters. The van der Waals surface area contributed by atoms with Crippen molar-refractivity contribution in [3.8, 4) is 11.5 Å². The zero-order valence-electron chi connectivity index (χ0n) is 22.9. The van der Waals surface area contributed by atoms with Gasteiger partial charge in [-0.25, -0.2) is 9.79 Å². The number of hydrogen-bond donors (Lipinski definition) is 0. The van der Waals surface area contributed by atoms with Gasteiger partial charge in [0.2, 0.25) is 0 Å². The molecule has 206 valence electrons. The molecule has 0 saturated carbocycles. The number of aromatic nitrogens is 1. The van der Waals surface area contributed by atoms with Crippen LogP contribution in [0.15, 0.2) is 69.6 Å². The van der Waals surface area contributed by atoms with Gasteiger partial charge >= 0.3 is 5.97 Å². The van der Waals surface area contributed by atoms with E-state index in [1.807, 2.05) is 75.4 Å². The maximum Gasteiger partial charge on any atom is 0.338 e. The highest BCUT2D eigenvalue weighted by Crippen LogP contribution is 2.36. The van der Waals surface area contributed by atoms with Gasteiger partial charge in [0.15, 0.2) is 4.80 Å². The van der Waals surface area contributed by atoms with Gasteiger partial charge in [0.1, 0.15) is 24.1 Å². The van der Waals surface area contributed by atoms with Crippen molar-refractivity contribution in [1.82, 2.24) is 4.57 Å².